The number of nitrogens with two attached hydrogens (primary N) is 1. The molecule has 0 aliphatic heterocycles. The number of amidine groups is 1. The van der Waals surface area contributed by atoms with Gasteiger partial charge in [-0.1, -0.05) is 17.7 Å². The van der Waals surface area contributed by atoms with Crippen molar-refractivity contribution in [3.05, 3.63) is 55.7 Å². The van der Waals surface area contributed by atoms with E-state index in [1.807, 2.05) is 11.4 Å². The Morgan fingerprint density at radius 1 is 1.47 bits per heavy atom. The summed E-state index contributed by atoms with van der Waals surface area (Å²) in [5.41, 5.74) is 8.39. The number of nitrogens with zero attached hydrogens (tertiary/aromatic N) is 2. The van der Waals surface area contributed by atoms with E-state index in [0.717, 1.165) is 4.88 Å². The van der Waals surface area contributed by atoms with Crippen LogP contribution in [0, 0.1) is 10.1 Å². The van der Waals surface area contributed by atoms with Crippen LogP contribution in [0.25, 0.3) is 0 Å². The zero-order chi connectivity index (χ0) is 13.8. The highest BCUT2D eigenvalue weighted by molar-refractivity contribution is 7.12. The smallest absolute Gasteiger partial charge is 0.294 e. The Labute approximate surface area is 117 Å². The lowest BCUT2D eigenvalue weighted by Crippen LogP contribution is -2.13. The summed E-state index contributed by atoms with van der Waals surface area (Å²) in [5.74, 6) is 0.254. The van der Waals surface area contributed by atoms with Crippen molar-refractivity contribution in [2.75, 3.05) is 5.43 Å². The maximum absolute atomic E-state index is 10.9. The predicted octanol–water partition coefficient (Wildman–Crippen LogP) is 3.04. The minimum absolute atomic E-state index is 0.118. The highest BCUT2D eigenvalue weighted by Gasteiger charge is 2.13. The maximum Gasteiger partial charge on any atom is 0.294 e. The molecule has 1 heterocycles. The molecule has 0 amide bonds. The molecular formula is C11H9ClN4O2S. The summed E-state index contributed by atoms with van der Waals surface area (Å²) < 4.78 is 0. The standard InChI is InChI=1S/C11H9ClN4O2S/c12-7-3-4-9(16(17)18)8(6-7)14-15-11(13)10-2-1-5-19-10/h1-6,14H,(H2,13,15). The molecule has 0 aliphatic rings. The summed E-state index contributed by atoms with van der Waals surface area (Å²) in [7, 11) is 0. The molecule has 19 heavy (non-hydrogen) atoms. The number of nitro benzene ring substituents is 1. The van der Waals surface area contributed by atoms with Crippen molar-refractivity contribution in [2.45, 2.75) is 0 Å². The maximum atomic E-state index is 10.9. The summed E-state index contributed by atoms with van der Waals surface area (Å²) in [4.78, 5) is 11.1. The van der Waals surface area contributed by atoms with Crippen LogP contribution in [0.2, 0.25) is 5.02 Å². The normalized spacial score (nSPS) is 11.3. The van der Waals surface area contributed by atoms with Gasteiger partial charge in [0.25, 0.3) is 5.69 Å². The minimum Gasteiger partial charge on any atom is -0.381 e. The van der Waals surface area contributed by atoms with Gasteiger partial charge in [0.2, 0.25) is 0 Å². The van der Waals surface area contributed by atoms with Crippen molar-refractivity contribution >= 4 is 40.1 Å². The van der Waals surface area contributed by atoms with Crippen molar-refractivity contribution in [1.29, 1.82) is 0 Å². The van der Waals surface area contributed by atoms with Crippen molar-refractivity contribution in [2.24, 2.45) is 10.8 Å². The van der Waals surface area contributed by atoms with Gasteiger partial charge in [-0.3, -0.25) is 15.5 Å². The minimum atomic E-state index is -0.518. The zero-order valence-corrected chi connectivity index (χ0v) is 11.1. The average molecular weight is 297 g/mol. The molecule has 1 aromatic carbocycles. The Bertz CT molecular complexity index is 628. The fourth-order valence-corrected chi connectivity index (χ4v) is 2.16. The van der Waals surface area contributed by atoms with E-state index in [4.69, 9.17) is 17.3 Å². The number of nitro groups is 1. The average Bonchev–Trinajstić information content (AvgIpc) is 2.89. The third kappa shape index (κ3) is 3.21. The molecule has 98 valence electrons. The Balaban J connectivity index is 2.26. The van der Waals surface area contributed by atoms with Crippen LogP contribution in [0.5, 0.6) is 0 Å². The summed E-state index contributed by atoms with van der Waals surface area (Å²) in [6.07, 6.45) is 0. The first-order chi connectivity index (χ1) is 9.08. The molecule has 8 heteroatoms. The summed E-state index contributed by atoms with van der Waals surface area (Å²) in [6, 6.07) is 7.81. The van der Waals surface area contributed by atoms with Gasteiger partial charge in [-0.25, -0.2) is 0 Å². The van der Waals surface area contributed by atoms with Crippen LogP contribution >= 0.6 is 22.9 Å². The van der Waals surface area contributed by atoms with Crippen LogP contribution < -0.4 is 11.2 Å². The summed E-state index contributed by atoms with van der Waals surface area (Å²) >= 11 is 7.22. The topological polar surface area (TPSA) is 93.5 Å². The van der Waals surface area contributed by atoms with E-state index in [1.165, 1.54) is 29.5 Å². The SMILES string of the molecule is N/C(=N/Nc1cc(Cl)ccc1[N+](=O)[O-])c1cccs1. The molecule has 0 saturated carbocycles. The van der Waals surface area contributed by atoms with Gasteiger partial charge < -0.3 is 5.73 Å². The number of thiophene rings is 1. The van der Waals surface area contributed by atoms with E-state index in [1.54, 1.807) is 6.07 Å². The molecule has 1 aromatic heterocycles. The van der Waals surface area contributed by atoms with Crippen LogP contribution in [0.15, 0.2) is 40.8 Å². The lowest BCUT2D eigenvalue weighted by molar-refractivity contribution is -0.384. The van der Waals surface area contributed by atoms with E-state index in [9.17, 15) is 10.1 Å². The van der Waals surface area contributed by atoms with Gasteiger partial charge in [-0.2, -0.15) is 5.10 Å². The van der Waals surface area contributed by atoms with Crippen molar-refractivity contribution < 1.29 is 4.92 Å². The summed E-state index contributed by atoms with van der Waals surface area (Å²) in [5, 5.41) is 17.0. The van der Waals surface area contributed by atoms with Crippen LogP contribution in [-0.2, 0) is 0 Å². The lowest BCUT2D eigenvalue weighted by atomic mass is 10.3. The van der Waals surface area contributed by atoms with Gasteiger partial charge in [0.1, 0.15) is 5.69 Å². The quantitative estimate of drug-likeness (QED) is 0.392. The third-order valence-corrected chi connectivity index (χ3v) is 3.35. The van der Waals surface area contributed by atoms with Gasteiger partial charge in [-0.05, 0) is 23.6 Å². The fourth-order valence-electron chi connectivity index (χ4n) is 1.36. The van der Waals surface area contributed by atoms with Gasteiger partial charge in [0.05, 0.1) is 9.80 Å². The lowest BCUT2D eigenvalue weighted by Gasteiger charge is -2.03. The largest absolute Gasteiger partial charge is 0.381 e. The Morgan fingerprint density at radius 2 is 2.26 bits per heavy atom. The number of rotatable bonds is 4. The third-order valence-electron chi connectivity index (χ3n) is 2.23. The second-order valence-corrected chi connectivity index (χ2v) is 4.89. The van der Waals surface area contributed by atoms with E-state index in [0.29, 0.717) is 5.02 Å². The molecule has 2 rings (SSSR count). The number of benzene rings is 1. The molecule has 2 aromatic rings. The Kier molecular flexibility index (Phi) is 3.98. The number of hydrogen-bond acceptors (Lipinski definition) is 5. The number of hydrazone groups is 1. The molecule has 0 saturated heterocycles. The molecule has 0 radical (unpaired) electrons. The van der Waals surface area contributed by atoms with Crippen LogP contribution in [-0.4, -0.2) is 10.8 Å². The van der Waals surface area contributed by atoms with E-state index < -0.39 is 4.92 Å². The Morgan fingerprint density at radius 3 is 2.89 bits per heavy atom. The zero-order valence-electron chi connectivity index (χ0n) is 9.54. The van der Waals surface area contributed by atoms with Crippen molar-refractivity contribution in [3.63, 3.8) is 0 Å². The second-order valence-electron chi connectivity index (χ2n) is 3.50. The van der Waals surface area contributed by atoms with Crippen molar-refractivity contribution in [3.8, 4) is 0 Å². The van der Waals surface area contributed by atoms with Crippen LogP contribution in [0.1, 0.15) is 4.88 Å². The number of hydrogen-bond donors (Lipinski definition) is 2. The molecule has 0 aliphatic carbocycles. The Hall–Kier alpha value is -2.12. The monoisotopic (exact) mass is 296 g/mol. The molecular weight excluding hydrogens is 288 g/mol. The molecule has 6 nitrogen and oxygen atoms in total. The van der Waals surface area contributed by atoms with E-state index >= 15 is 0 Å². The highest BCUT2D eigenvalue weighted by Crippen LogP contribution is 2.27. The van der Waals surface area contributed by atoms with Gasteiger partial charge in [0.15, 0.2) is 5.84 Å². The van der Waals surface area contributed by atoms with E-state index in [-0.39, 0.29) is 17.2 Å². The molecule has 0 unspecified atom stereocenters. The fraction of sp³-hybridized carbons (Fsp3) is 0. The van der Waals surface area contributed by atoms with Gasteiger partial charge >= 0.3 is 0 Å². The predicted molar refractivity (Wildman–Crippen MR) is 76.8 cm³/mol. The molecule has 0 bridgehead atoms. The number of halogens is 1. The number of anilines is 1. The first-order valence-corrected chi connectivity index (χ1v) is 6.40. The van der Waals surface area contributed by atoms with Gasteiger partial charge in [-0.15, -0.1) is 11.3 Å². The summed E-state index contributed by atoms with van der Waals surface area (Å²) in [6.45, 7) is 0. The molecule has 0 fully saturated rings. The van der Waals surface area contributed by atoms with Crippen molar-refractivity contribution in [1.82, 2.24) is 0 Å². The number of nitrogens with one attached hydrogen (secondary N) is 1. The molecule has 0 spiro atoms. The molecule has 0 atom stereocenters. The second kappa shape index (κ2) is 5.68. The molecule has 3 N–H and O–H groups in total. The first kappa shape index (κ1) is 13.3. The van der Waals surface area contributed by atoms with E-state index in [2.05, 4.69) is 10.5 Å². The van der Waals surface area contributed by atoms with Crippen LogP contribution in [0.3, 0.4) is 0 Å². The van der Waals surface area contributed by atoms with Crippen LogP contribution in [0.4, 0.5) is 11.4 Å². The highest BCUT2D eigenvalue weighted by atomic mass is 35.5. The first-order valence-electron chi connectivity index (χ1n) is 5.15. The van der Waals surface area contributed by atoms with Gasteiger partial charge in [0, 0.05) is 11.1 Å².